The summed E-state index contributed by atoms with van der Waals surface area (Å²) in [5.74, 6) is -0.877. The van der Waals surface area contributed by atoms with Crippen LogP contribution in [0.15, 0.2) is 29.8 Å². The van der Waals surface area contributed by atoms with Gasteiger partial charge in [-0.05, 0) is 18.6 Å². The first-order valence-corrected chi connectivity index (χ1v) is 5.76. The molecule has 2 rings (SSSR count). The molecule has 0 bridgehead atoms. The van der Waals surface area contributed by atoms with Crippen LogP contribution < -0.4 is 0 Å². The van der Waals surface area contributed by atoms with Crippen LogP contribution >= 0.6 is 11.3 Å². The van der Waals surface area contributed by atoms with Crippen LogP contribution in [0.5, 0.6) is 0 Å². The van der Waals surface area contributed by atoms with Gasteiger partial charge >= 0.3 is 5.97 Å². The highest BCUT2D eigenvalue weighted by Crippen LogP contribution is 2.19. The molecular weight excluding hydrogens is 222 g/mol. The fraction of sp³-hybridized carbons (Fsp3) is 0.167. The van der Waals surface area contributed by atoms with E-state index in [2.05, 4.69) is 4.98 Å². The summed E-state index contributed by atoms with van der Waals surface area (Å²) in [7, 11) is 0. The van der Waals surface area contributed by atoms with Crippen molar-refractivity contribution in [2.75, 3.05) is 0 Å². The highest BCUT2D eigenvalue weighted by molar-refractivity contribution is 7.09. The monoisotopic (exact) mass is 233 g/mol. The number of aromatic carboxylic acids is 1. The fourth-order valence-electron chi connectivity index (χ4n) is 1.55. The molecule has 16 heavy (non-hydrogen) atoms. The number of nitrogens with zero attached hydrogens (tertiary/aromatic N) is 1. The molecule has 2 aromatic rings. The summed E-state index contributed by atoms with van der Waals surface area (Å²) < 4.78 is 0. The summed E-state index contributed by atoms with van der Waals surface area (Å²) in [5.41, 5.74) is 3.97. The number of aromatic nitrogens is 1. The van der Waals surface area contributed by atoms with Crippen molar-refractivity contribution in [1.82, 2.24) is 4.98 Å². The van der Waals surface area contributed by atoms with Crippen molar-refractivity contribution in [3.63, 3.8) is 0 Å². The molecule has 1 aromatic carbocycles. The Balaban J connectivity index is 2.35. The molecule has 0 unspecified atom stereocenters. The Labute approximate surface area is 97.4 Å². The highest BCUT2D eigenvalue weighted by atomic mass is 32.1. The van der Waals surface area contributed by atoms with Gasteiger partial charge in [0, 0.05) is 11.3 Å². The van der Waals surface area contributed by atoms with E-state index in [1.807, 2.05) is 19.1 Å². The quantitative estimate of drug-likeness (QED) is 0.886. The van der Waals surface area contributed by atoms with Crippen molar-refractivity contribution in [2.45, 2.75) is 13.3 Å². The standard InChI is InChI=1S/C12H11NO2S/c1-8-11(16-7-13-8)6-9-4-2-3-5-10(9)12(14)15/h2-5,7H,6H2,1H3,(H,14,15). The first-order valence-electron chi connectivity index (χ1n) is 4.88. The van der Waals surface area contributed by atoms with Gasteiger partial charge in [-0.3, -0.25) is 0 Å². The molecular formula is C12H11NO2S. The van der Waals surface area contributed by atoms with Crippen LogP contribution in [-0.2, 0) is 6.42 Å². The number of benzene rings is 1. The van der Waals surface area contributed by atoms with Crippen molar-refractivity contribution < 1.29 is 9.90 Å². The maximum absolute atomic E-state index is 11.0. The van der Waals surface area contributed by atoms with Gasteiger partial charge < -0.3 is 5.11 Å². The van der Waals surface area contributed by atoms with Gasteiger partial charge in [0.15, 0.2) is 0 Å². The average Bonchev–Trinajstić information content (AvgIpc) is 2.65. The van der Waals surface area contributed by atoms with E-state index in [1.54, 1.807) is 29.0 Å². The second kappa shape index (κ2) is 4.45. The van der Waals surface area contributed by atoms with Gasteiger partial charge in [0.05, 0.1) is 16.8 Å². The molecule has 4 heteroatoms. The maximum Gasteiger partial charge on any atom is 0.335 e. The molecule has 0 atom stereocenters. The number of aryl methyl sites for hydroxylation is 1. The molecule has 1 aromatic heterocycles. The molecule has 0 spiro atoms. The third-order valence-corrected chi connectivity index (χ3v) is 3.38. The maximum atomic E-state index is 11.0. The SMILES string of the molecule is Cc1ncsc1Cc1ccccc1C(=O)O. The van der Waals surface area contributed by atoms with E-state index >= 15 is 0 Å². The van der Waals surface area contributed by atoms with E-state index in [0.29, 0.717) is 12.0 Å². The average molecular weight is 233 g/mol. The van der Waals surface area contributed by atoms with Crippen LogP contribution in [0.25, 0.3) is 0 Å². The molecule has 0 fully saturated rings. The normalized spacial score (nSPS) is 10.3. The Morgan fingerprint density at radius 1 is 1.44 bits per heavy atom. The number of hydrogen-bond donors (Lipinski definition) is 1. The smallest absolute Gasteiger partial charge is 0.335 e. The Kier molecular flexibility index (Phi) is 3.01. The van der Waals surface area contributed by atoms with Crippen molar-refractivity contribution in [1.29, 1.82) is 0 Å². The topological polar surface area (TPSA) is 50.2 Å². The van der Waals surface area contributed by atoms with Crippen molar-refractivity contribution in [2.24, 2.45) is 0 Å². The minimum Gasteiger partial charge on any atom is -0.478 e. The summed E-state index contributed by atoms with van der Waals surface area (Å²) in [6.45, 7) is 1.94. The van der Waals surface area contributed by atoms with Crippen molar-refractivity contribution in [3.8, 4) is 0 Å². The lowest BCUT2D eigenvalue weighted by Crippen LogP contribution is -2.02. The third-order valence-electron chi connectivity index (χ3n) is 2.44. The van der Waals surface area contributed by atoms with E-state index in [0.717, 1.165) is 16.1 Å². The lowest BCUT2D eigenvalue weighted by molar-refractivity contribution is 0.0696. The third kappa shape index (κ3) is 2.12. The number of thiazole rings is 1. The van der Waals surface area contributed by atoms with E-state index in [-0.39, 0.29) is 0 Å². The lowest BCUT2D eigenvalue weighted by atomic mass is 10.0. The predicted octanol–water partition coefficient (Wildman–Crippen LogP) is 2.74. The highest BCUT2D eigenvalue weighted by Gasteiger charge is 2.11. The van der Waals surface area contributed by atoms with E-state index in [9.17, 15) is 4.79 Å². The molecule has 0 amide bonds. The number of rotatable bonds is 3. The first kappa shape index (κ1) is 10.8. The Hall–Kier alpha value is -1.68. The number of carboxylic acids is 1. The van der Waals surface area contributed by atoms with Crippen LogP contribution in [0, 0.1) is 6.92 Å². The minimum absolute atomic E-state index is 0.371. The summed E-state index contributed by atoms with van der Waals surface area (Å²) >= 11 is 1.56. The molecule has 0 aliphatic heterocycles. The van der Waals surface area contributed by atoms with Crippen LogP contribution in [0.2, 0.25) is 0 Å². The van der Waals surface area contributed by atoms with Gasteiger partial charge in [0.1, 0.15) is 0 Å². The second-order valence-corrected chi connectivity index (χ2v) is 4.44. The van der Waals surface area contributed by atoms with Crippen molar-refractivity contribution in [3.05, 3.63) is 51.5 Å². The molecule has 0 aliphatic rings. The number of carbonyl (C=O) groups is 1. The van der Waals surface area contributed by atoms with E-state index in [4.69, 9.17) is 5.11 Å². The zero-order chi connectivity index (χ0) is 11.5. The van der Waals surface area contributed by atoms with E-state index in [1.165, 1.54) is 0 Å². The van der Waals surface area contributed by atoms with Crippen LogP contribution in [0.4, 0.5) is 0 Å². The van der Waals surface area contributed by atoms with Gasteiger partial charge in [0.2, 0.25) is 0 Å². The number of carboxylic acid groups (broad SMARTS) is 1. The summed E-state index contributed by atoms with van der Waals surface area (Å²) in [4.78, 5) is 16.3. The van der Waals surface area contributed by atoms with E-state index < -0.39 is 5.97 Å². The van der Waals surface area contributed by atoms with Crippen molar-refractivity contribution >= 4 is 17.3 Å². The minimum atomic E-state index is -0.877. The number of hydrogen-bond acceptors (Lipinski definition) is 3. The van der Waals surface area contributed by atoms with Gasteiger partial charge in [-0.25, -0.2) is 9.78 Å². The van der Waals surface area contributed by atoms with Crippen LogP contribution in [0.1, 0.15) is 26.5 Å². The van der Waals surface area contributed by atoms with Gasteiger partial charge in [0.25, 0.3) is 0 Å². The Morgan fingerprint density at radius 2 is 2.19 bits per heavy atom. The largest absolute Gasteiger partial charge is 0.478 e. The molecule has 82 valence electrons. The van der Waals surface area contributed by atoms with Crippen LogP contribution in [0.3, 0.4) is 0 Å². The molecule has 1 heterocycles. The van der Waals surface area contributed by atoms with Crippen LogP contribution in [-0.4, -0.2) is 16.1 Å². The van der Waals surface area contributed by atoms with Gasteiger partial charge in [-0.1, -0.05) is 18.2 Å². The lowest BCUT2D eigenvalue weighted by Gasteiger charge is -2.04. The molecule has 0 saturated heterocycles. The molecule has 1 N–H and O–H groups in total. The zero-order valence-corrected chi connectivity index (χ0v) is 9.62. The fourth-order valence-corrected chi connectivity index (χ4v) is 2.35. The van der Waals surface area contributed by atoms with Gasteiger partial charge in [-0.15, -0.1) is 11.3 Å². The molecule has 0 radical (unpaired) electrons. The Morgan fingerprint density at radius 3 is 2.81 bits per heavy atom. The first-order chi connectivity index (χ1) is 7.68. The molecule has 3 nitrogen and oxygen atoms in total. The summed E-state index contributed by atoms with van der Waals surface area (Å²) in [6, 6.07) is 7.08. The predicted molar refractivity (Wildman–Crippen MR) is 63.1 cm³/mol. The Bertz CT molecular complexity index is 519. The second-order valence-electron chi connectivity index (χ2n) is 3.50. The zero-order valence-electron chi connectivity index (χ0n) is 8.80. The summed E-state index contributed by atoms with van der Waals surface area (Å²) in [6.07, 6.45) is 0.638. The molecule has 0 aliphatic carbocycles. The summed E-state index contributed by atoms with van der Waals surface area (Å²) in [5, 5.41) is 9.05. The molecule has 0 saturated carbocycles. The van der Waals surface area contributed by atoms with Gasteiger partial charge in [-0.2, -0.15) is 0 Å².